The minimum Gasteiger partial charge on any atom is -0.394 e. The lowest BCUT2D eigenvalue weighted by Gasteiger charge is -2.28. The summed E-state index contributed by atoms with van der Waals surface area (Å²) in [5.74, 6) is 0.0309. The molecule has 0 heterocycles. The Morgan fingerprint density at radius 3 is 2.53 bits per heavy atom. The monoisotopic (exact) mass is 214 g/mol. The van der Waals surface area contributed by atoms with Gasteiger partial charge in [0.2, 0.25) is 5.91 Å². The number of nitrogens with two attached hydrogens (primary N) is 1. The second-order valence-electron chi connectivity index (χ2n) is 4.45. The number of carbonyl (C=O) groups excluding carboxylic acids is 1. The molecular formula is C11H22N2O2. The zero-order chi connectivity index (χ0) is 11.3. The first-order chi connectivity index (χ1) is 7.18. The van der Waals surface area contributed by atoms with E-state index >= 15 is 0 Å². The summed E-state index contributed by atoms with van der Waals surface area (Å²) in [7, 11) is 0. The van der Waals surface area contributed by atoms with Gasteiger partial charge in [-0.1, -0.05) is 19.8 Å². The highest BCUT2D eigenvalue weighted by molar-refractivity contribution is 5.83. The third-order valence-corrected chi connectivity index (χ3v) is 3.48. The quantitative estimate of drug-likeness (QED) is 0.620. The summed E-state index contributed by atoms with van der Waals surface area (Å²) >= 11 is 0. The van der Waals surface area contributed by atoms with E-state index in [0.29, 0.717) is 6.54 Å². The molecule has 0 aromatic rings. The van der Waals surface area contributed by atoms with Crippen LogP contribution in [0.2, 0.25) is 0 Å². The number of carbonyl (C=O) groups is 1. The average molecular weight is 214 g/mol. The minimum atomic E-state index is -0.359. The molecular weight excluding hydrogens is 192 g/mol. The van der Waals surface area contributed by atoms with E-state index in [9.17, 15) is 4.79 Å². The van der Waals surface area contributed by atoms with Crippen LogP contribution in [-0.2, 0) is 4.79 Å². The van der Waals surface area contributed by atoms with Gasteiger partial charge in [0.1, 0.15) is 0 Å². The Morgan fingerprint density at radius 2 is 2.13 bits per heavy atom. The molecule has 0 radical (unpaired) electrons. The van der Waals surface area contributed by atoms with Crippen molar-refractivity contribution < 1.29 is 9.90 Å². The highest BCUT2D eigenvalue weighted by atomic mass is 16.3. The van der Waals surface area contributed by atoms with Gasteiger partial charge in [-0.25, -0.2) is 0 Å². The first kappa shape index (κ1) is 12.5. The van der Waals surface area contributed by atoms with Crippen LogP contribution in [-0.4, -0.2) is 30.2 Å². The molecule has 0 spiro atoms. The van der Waals surface area contributed by atoms with Crippen LogP contribution in [0.25, 0.3) is 0 Å². The Hall–Kier alpha value is -0.610. The fourth-order valence-corrected chi connectivity index (χ4v) is 2.19. The van der Waals surface area contributed by atoms with Gasteiger partial charge in [-0.2, -0.15) is 0 Å². The molecule has 1 amide bonds. The highest BCUT2D eigenvalue weighted by Gasteiger charge is 2.40. The zero-order valence-electron chi connectivity index (χ0n) is 9.46. The van der Waals surface area contributed by atoms with Crippen molar-refractivity contribution in [2.75, 3.05) is 13.2 Å². The predicted octanol–water partition coefficient (Wildman–Crippen LogP) is 0.393. The third-order valence-electron chi connectivity index (χ3n) is 3.48. The number of aliphatic hydroxyl groups excluding tert-OH is 1. The minimum absolute atomic E-state index is 0.00287. The number of amides is 1. The number of nitrogens with one attached hydrogen (secondary N) is 1. The largest absolute Gasteiger partial charge is 0.394 e. The SMILES string of the molecule is CC[C@H](CO)NC(=O)C1(CN)CCCC1. The van der Waals surface area contributed by atoms with E-state index in [1.54, 1.807) is 0 Å². The summed E-state index contributed by atoms with van der Waals surface area (Å²) in [6.07, 6.45) is 4.69. The first-order valence-electron chi connectivity index (χ1n) is 5.80. The smallest absolute Gasteiger partial charge is 0.227 e. The van der Waals surface area contributed by atoms with Crippen molar-refractivity contribution in [2.24, 2.45) is 11.1 Å². The van der Waals surface area contributed by atoms with Crippen molar-refractivity contribution in [3.05, 3.63) is 0 Å². The van der Waals surface area contributed by atoms with E-state index in [0.717, 1.165) is 32.1 Å². The molecule has 4 nitrogen and oxygen atoms in total. The number of aliphatic hydroxyl groups is 1. The Morgan fingerprint density at radius 1 is 1.53 bits per heavy atom. The second-order valence-corrected chi connectivity index (χ2v) is 4.45. The van der Waals surface area contributed by atoms with E-state index in [-0.39, 0.29) is 24.0 Å². The Bertz CT molecular complexity index is 209. The standard InChI is InChI=1S/C11H22N2O2/c1-2-9(7-14)13-10(15)11(8-12)5-3-4-6-11/h9,14H,2-8,12H2,1H3,(H,13,15)/t9-/m1/s1. The fraction of sp³-hybridized carbons (Fsp3) is 0.909. The van der Waals surface area contributed by atoms with Crippen molar-refractivity contribution >= 4 is 5.91 Å². The average Bonchev–Trinajstić information content (AvgIpc) is 2.75. The molecule has 1 atom stereocenters. The van der Waals surface area contributed by atoms with Gasteiger partial charge in [0.15, 0.2) is 0 Å². The summed E-state index contributed by atoms with van der Waals surface area (Å²) in [5.41, 5.74) is 5.35. The van der Waals surface area contributed by atoms with Gasteiger partial charge in [0.25, 0.3) is 0 Å². The van der Waals surface area contributed by atoms with Crippen LogP contribution in [0.3, 0.4) is 0 Å². The molecule has 4 heteroatoms. The van der Waals surface area contributed by atoms with Crippen LogP contribution in [0.5, 0.6) is 0 Å². The molecule has 0 unspecified atom stereocenters. The van der Waals surface area contributed by atoms with Crippen molar-refractivity contribution in [1.29, 1.82) is 0 Å². The van der Waals surface area contributed by atoms with Crippen LogP contribution in [0.4, 0.5) is 0 Å². The lowest BCUT2D eigenvalue weighted by Crippen LogP contribution is -2.48. The lowest BCUT2D eigenvalue weighted by molar-refractivity contribution is -0.131. The summed E-state index contributed by atoms with van der Waals surface area (Å²) in [6.45, 7) is 2.37. The molecule has 4 N–H and O–H groups in total. The molecule has 0 aliphatic heterocycles. The summed E-state index contributed by atoms with van der Waals surface area (Å²) in [4.78, 5) is 12.0. The van der Waals surface area contributed by atoms with Crippen molar-refractivity contribution in [2.45, 2.75) is 45.1 Å². The topological polar surface area (TPSA) is 75.3 Å². The van der Waals surface area contributed by atoms with Crippen LogP contribution in [0.15, 0.2) is 0 Å². The van der Waals surface area contributed by atoms with Gasteiger partial charge in [-0.3, -0.25) is 4.79 Å². The first-order valence-corrected chi connectivity index (χ1v) is 5.80. The van der Waals surface area contributed by atoms with Crippen LogP contribution in [0.1, 0.15) is 39.0 Å². The zero-order valence-corrected chi connectivity index (χ0v) is 9.46. The number of rotatable bonds is 5. The Labute approximate surface area is 91.2 Å². The van der Waals surface area contributed by atoms with Crippen LogP contribution < -0.4 is 11.1 Å². The highest BCUT2D eigenvalue weighted by Crippen LogP contribution is 2.37. The Balaban J connectivity index is 2.57. The Kier molecular flexibility index (Phi) is 4.54. The molecule has 1 saturated carbocycles. The molecule has 0 saturated heterocycles. The van der Waals surface area contributed by atoms with E-state index in [2.05, 4.69) is 5.32 Å². The molecule has 0 aromatic heterocycles. The molecule has 1 fully saturated rings. The summed E-state index contributed by atoms with van der Waals surface area (Å²) in [6, 6.07) is -0.124. The maximum absolute atomic E-state index is 12.0. The number of hydrogen-bond acceptors (Lipinski definition) is 3. The lowest BCUT2D eigenvalue weighted by atomic mass is 9.85. The maximum atomic E-state index is 12.0. The summed E-state index contributed by atoms with van der Waals surface area (Å²) < 4.78 is 0. The van der Waals surface area contributed by atoms with Gasteiger partial charge < -0.3 is 16.2 Å². The fourth-order valence-electron chi connectivity index (χ4n) is 2.19. The van der Waals surface area contributed by atoms with Crippen molar-refractivity contribution in [3.8, 4) is 0 Å². The van der Waals surface area contributed by atoms with Gasteiger partial charge in [-0.05, 0) is 19.3 Å². The molecule has 1 rings (SSSR count). The number of hydrogen-bond donors (Lipinski definition) is 3. The van der Waals surface area contributed by atoms with E-state index < -0.39 is 0 Å². The van der Waals surface area contributed by atoms with E-state index in [1.807, 2.05) is 6.92 Å². The van der Waals surface area contributed by atoms with E-state index in [4.69, 9.17) is 10.8 Å². The van der Waals surface area contributed by atoms with Crippen LogP contribution >= 0.6 is 0 Å². The molecule has 1 aliphatic rings. The van der Waals surface area contributed by atoms with Gasteiger partial charge >= 0.3 is 0 Å². The van der Waals surface area contributed by atoms with Gasteiger partial charge in [0, 0.05) is 6.54 Å². The molecule has 15 heavy (non-hydrogen) atoms. The van der Waals surface area contributed by atoms with Crippen molar-refractivity contribution in [3.63, 3.8) is 0 Å². The maximum Gasteiger partial charge on any atom is 0.227 e. The molecule has 88 valence electrons. The molecule has 0 aromatic carbocycles. The van der Waals surface area contributed by atoms with Crippen molar-refractivity contribution in [1.82, 2.24) is 5.32 Å². The second kappa shape index (κ2) is 5.47. The van der Waals surface area contributed by atoms with Gasteiger partial charge in [0.05, 0.1) is 18.1 Å². The predicted molar refractivity (Wildman–Crippen MR) is 59.3 cm³/mol. The van der Waals surface area contributed by atoms with Gasteiger partial charge in [-0.15, -0.1) is 0 Å². The third kappa shape index (κ3) is 2.69. The normalized spacial score (nSPS) is 21.3. The van der Waals surface area contributed by atoms with E-state index in [1.165, 1.54) is 0 Å². The summed E-state index contributed by atoms with van der Waals surface area (Å²) in [5, 5.41) is 11.9. The molecule has 1 aliphatic carbocycles. The molecule has 0 bridgehead atoms. The van der Waals surface area contributed by atoms with Crippen LogP contribution in [0, 0.1) is 5.41 Å².